The summed E-state index contributed by atoms with van der Waals surface area (Å²) in [5.74, 6) is 0.411. The summed E-state index contributed by atoms with van der Waals surface area (Å²) >= 11 is 3.57. The molecule has 0 amide bonds. The summed E-state index contributed by atoms with van der Waals surface area (Å²) in [4.78, 5) is 11.9. The third-order valence-electron chi connectivity index (χ3n) is 5.20. The van der Waals surface area contributed by atoms with E-state index in [0.717, 1.165) is 46.1 Å². The van der Waals surface area contributed by atoms with Crippen molar-refractivity contribution in [2.24, 2.45) is 0 Å². The van der Waals surface area contributed by atoms with E-state index in [4.69, 9.17) is 19.3 Å². The second-order valence-corrected chi connectivity index (χ2v) is 8.22. The lowest BCUT2D eigenvalue weighted by molar-refractivity contribution is -0.142. The number of carbonyl (C=O) groups excluding carboxylic acids is 1. The predicted molar refractivity (Wildman–Crippen MR) is 118 cm³/mol. The van der Waals surface area contributed by atoms with E-state index in [2.05, 4.69) is 32.7 Å². The Morgan fingerprint density at radius 1 is 1.30 bits per heavy atom. The maximum absolute atomic E-state index is 11.9. The van der Waals surface area contributed by atoms with Crippen molar-refractivity contribution in [3.8, 4) is 5.75 Å². The smallest absolute Gasteiger partial charge is 0.310 e. The zero-order valence-corrected chi connectivity index (χ0v) is 18.6. The number of para-hydroxylation sites is 1. The van der Waals surface area contributed by atoms with Crippen LogP contribution in [0.4, 0.5) is 0 Å². The molecule has 2 heterocycles. The van der Waals surface area contributed by atoms with Crippen LogP contribution in [-0.2, 0) is 27.3 Å². The lowest BCUT2D eigenvalue weighted by atomic mass is 10.1. The number of fused-ring (bicyclic) bond motifs is 1. The van der Waals surface area contributed by atoms with Gasteiger partial charge in [-0.2, -0.15) is 5.10 Å². The van der Waals surface area contributed by atoms with Crippen LogP contribution in [0, 0.1) is 0 Å². The molecule has 4 rings (SSSR count). The van der Waals surface area contributed by atoms with Gasteiger partial charge in [0.1, 0.15) is 18.1 Å². The highest BCUT2D eigenvalue weighted by molar-refractivity contribution is 9.10. The molecule has 1 saturated heterocycles. The number of aromatic nitrogens is 2. The van der Waals surface area contributed by atoms with Gasteiger partial charge in [0.2, 0.25) is 0 Å². The average molecular weight is 473 g/mol. The van der Waals surface area contributed by atoms with Crippen LogP contribution in [-0.4, -0.2) is 35.6 Å². The van der Waals surface area contributed by atoms with Crippen LogP contribution in [0.2, 0.25) is 0 Å². The molecule has 158 valence electrons. The fraction of sp³-hybridized carbons (Fsp3) is 0.391. The minimum Gasteiger partial charge on any atom is -0.487 e. The van der Waals surface area contributed by atoms with Crippen molar-refractivity contribution >= 4 is 32.8 Å². The van der Waals surface area contributed by atoms with E-state index >= 15 is 0 Å². The van der Waals surface area contributed by atoms with E-state index in [1.807, 2.05) is 30.3 Å². The highest BCUT2D eigenvalue weighted by atomic mass is 79.9. The van der Waals surface area contributed by atoms with Crippen molar-refractivity contribution in [1.82, 2.24) is 9.78 Å². The van der Waals surface area contributed by atoms with Gasteiger partial charge in [-0.1, -0.05) is 34.1 Å². The second kappa shape index (κ2) is 9.62. The largest absolute Gasteiger partial charge is 0.487 e. The lowest BCUT2D eigenvalue weighted by Crippen LogP contribution is -2.22. The van der Waals surface area contributed by atoms with E-state index in [9.17, 15) is 4.79 Å². The standard InChI is InChI=1S/C23H25BrN2O4/c1-2-29-23(27)12-16-6-3-4-8-22(16)30-15-20-19-13-17(24)9-10-21(19)26(25-20)18-7-5-11-28-14-18/h3-4,6,8-10,13,18H,2,5,7,11-12,14-15H2,1H3. The van der Waals surface area contributed by atoms with Crippen molar-refractivity contribution in [2.75, 3.05) is 19.8 Å². The second-order valence-electron chi connectivity index (χ2n) is 7.30. The molecule has 0 spiro atoms. The SMILES string of the molecule is CCOC(=O)Cc1ccccc1OCc1nn(C2CCCOC2)c2ccc(Br)cc12. The van der Waals surface area contributed by atoms with Gasteiger partial charge in [0.25, 0.3) is 0 Å². The number of carbonyl (C=O) groups is 1. The minimum atomic E-state index is -0.260. The normalized spacial score (nSPS) is 16.5. The maximum Gasteiger partial charge on any atom is 0.310 e. The molecule has 0 radical (unpaired) electrons. The third kappa shape index (κ3) is 4.68. The summed E-state index contributed by atoms with van der Waals surface area (Å²) in [6.07, 6.45) is 2.27. The molecule has 1 aromatic heterocycles. The minimum absolute atomic E-state index is 0.185. The van der Waals surface area contributed by atoms with E-state index in [1.165, 1.54) is 0 Å². The van der Waals surface area contributed by atoms with Gasteiger partial charge in [-0.25, -0.2) is 0 Å². The van der Waals surface area contributed by atoms with Crippen LogP contribution < -0.4 is 4.74 Å². The number of halogens is 1. The number of rotatable bonds is 7. The molecule has 30 heavy (non-hydrogen) atoms. The first-order valence-electron chi connectivity index (χ1n) is 10.3. The molecule has 1 aliphatic heterocycles. The molecule has 1 fully saturated rings. The maximum atomic E-state index is 11.9. The monoisotopic (exact) mass is 472 g/mol. The number of benzene rings is 2. The molecule has 6 nitrogen and oxygen atoms in total. The van der Waals surface area contributed by atoms with Crippen LogP contribution in [0.15, 0.2) is 46.9 Å². The van der Waals surface area contributed by atoms with Crippen molar-refractivity contribution in [3.63, 3.8) is 0 Å². The molecular weight excluding hydrogens is 448 g/mol. The summed E-state index contributed by atoms with van der Waals surface area (Å²) in [7, 11) is 0. The van der Waals surface area contributed by atoms with Gasteiger partial charge in [-0.05, 0) is 44.0 Å². The zero-order chi connectivity index (χ0) is 20.9. The Morgan fingerprint density at radius 3 is 2.97 bits per heavy atom. The van der Waals surface area contributed by atoms with Gasteiger partial charge in [-0.3, -0.25) is 9.48 Å². The van der Waals surface area contributed by atoms with Crippen LogP contribution in [0.5, 0.6) is 5.75 Å². The van der Waals surface area contributed by atoms with Gasteiger partial charge in [0.05, 0.1) is 31.2 Å². The number of nitrogens with zero attached hydrogens (tertiary/aromatic N) is 2. The van der Waals surface area contributed by atoms with Crippen LogP contribution >= 0.6 is 15.9 Å². The molecule has 1 unspecified atom stereocenters. The highest BCUT2D eigenvalue weighted by Gasteiger charge is 2.21. The first-order chi connectivity index (χ1) is 14.7. The fourth-order valence-electron chi connectivity index (χ4n) is 3.78. The molecule has 1 aliphatic rings. The first kappa shape index (κ1) is 20.9. The summed E-state index contributed by atoms with van der Waals surface area (Å²) in [5, 5.41) is 5.94. The third-order valence-corrected chi connectivity index (χ3v) is 5.70. The highest BCUT2D eigenvalue weighted by Crippen LogP contribution is 2.30. The van der Waals surface area contributed by atoms with E-state index in [0.29, 0.717) is 25.6 Å². The van der Waals surface area contributed by atoms with E-state index in [1.54, 1.807) is 6.92 Å². The molecular formula is C23H25BrN2O4. The van der Waals surface area contributed by atoms with Gasteiger partial charge in [0.15, 0.2) is 0 Å². The molecule has 0 saturated carbocycles. The van der Waals surface area contributed by atoms with E-state index in [-0.39, 0.29) is 18.4 Å². The fourth-order valence-corrected chi connectivity index (χ4v) is 4.14. The van der Waals surface area contributed by atoms with Crippen LogP contribution in [0.3, 0.4) is 0 Å². The summed E-state index contributed by atoms with van der Waals surface area (Å²) in [5.41, 5.74) is 2.75. The molecule has 0 N–H and O–H groups in total. The summed E-state index contributed by atoms with van der Waals surface area (Å²) in [6, 6.07) is 14.0. The van der Waals surface area contributed by atoms with Gasteiger partial charge >= 0.3 is 5.97 Å². The molecule has 0 bridgehead atoms. The molecule has 2 aromatic carbocycles. The average Bonchev–Trinajstić information content (AvgIpc) is 3.11. The number of hydrogen-bond acceptors (Lipinski definition) is 5. The van der Waals surface area contributed by atoms with E-state index < -0.39 is 0 Å². The predicted octanol–water partition coefficient (Wildman–Crippen LogP) is 4.83. The van der Waals surface area contributed by atoms with Crippen molar-refractivity contribution in [3.05, 3.63) is 58.2 Å². The number of hydrogen-bond donors (Lipinski definition) is 0. The Labute approximate surface area is 184 Å². The van der Waals surface area contributed by atoms with Crippen molar-refractivity contribution in [1.29, 1.82) is 0 Å². The van der Waals surface area contributed by atoms with Crippen molar-refractivity contribution in [2.45, 2.75) is 38.8 Å². The topological polar surface area (TPSA) is 62.6 Å². The first-order valence-corrected chi connectivity index (χ1v) is 11.1. The Balaban J connectivity index is 1.59. The molecule has 3 aromatic rings. The summed E-state index contributed by atoms with van der Waals surface area (Å²) in [6.45, 7) is 3.97. The van der Waals surface area contributed by atoms with Crippen molar-refractivity contribution < 1.29 is 19.0 Å². The van der Waals surface area contributed by atoms with Crippen LogP contribution in [0.1, 0.15) is 37.1 Å². The quantitative estimate of drug-likeness (QED) is 0.460. The Morgan fingerprint density at radius 2 is 2.17 bits per heavy atom. The van der Waals surface area contributed by atoms with Crippen LogP contribution in [0.25, 0.3) is 10.9 Å². The summed E-state index contributed by atoms with van der Waals surface area (Å²) < 4.78 is 19.9. The Hall–Kier alpha value is -2.38. The zero-order valence-electron chi connectivity index (χ0n) is 17.0. The Kier molecular flexibility index (Phi) is 6.69. The molecule has 1 atom stereocenters. The Bertz CT molecular complexity index is 1030. The number of esters is 1. The van der Waals surface area contributed by atoms with Gasteiger partial charge in [-0.15, -0.1) is 0 Å². The lowest BCUT2D eigenvalue weighted by Gasteiger charge is -2.23. The molecule has 7 heteroatoms. The van der Waals surface area contributed by atoms with Gasteiger partial charge in [0, 0.05) is 22.0 Å². The molecule has 0 aliphatic carbocycles. The number of ether oxygens (including phenoxy) is 3. The van der Waals surface area contributed by atoms with Gasteiger partial charge < -0.3 is 14.2 Å².